The predicted molar refractivity (Wildman–Crippen MR) is 81.5 cm³/mol. The Labute approximate surface area is 123 Å². The van der Waals surface area contributed by atoms with E-state index in [4.69, 9.17) is 23.1 Å². The average molecular weight is 302 g/mol. The van der Waals surface area contributed by atoms with Crippen LogP contribution >= 0.6 is 22.9 Å². The highest BCUT2D eigenvalue weighted by molar-refractivity contribution is 7.22. The molecule has 0 spiro atoms. The third kappa shape index (κ3) is 2.37. The maximum absolute atomic E-state index is 5.94. The zero-order valence-electron chi connectivity index (χ0n) is 10.1. The van der Waals surface area contributed by atoms with E-state index in [1.54, 1.807) is 0 Å². The summed E-state index contributed by atoms with van der Waals surface area (Å²) in [5.74, 6) is 6.14. The minimum Gasteiger partial charge on any atom is -0.383 e. The molecule has 1 aromatic carbocycles. The van der Waals surface area contributed by atoms with E-state index in [9.17, 15) is 0 Å². The van der Waals surface area contributed by atoms with E-state index in [1.165, 1.54) is 17.7 Å². The van der Waals surface area contributed by atoms with Gasteiger partial charge in [-0.15, -0.1) is 0 Å². The molecule has 0 fully saturated rings. The van der Waals surface area contributed by atoms with Crippen LogP contribution in [-0.2, 0) is 0 Å². The van der Waals surface area contributed by atoms with E-state index < -0.39 is 0 Å². The molecule has 3 rings (SSSR count). The molecule has 0 aliphatic carbocycles. The third-order valence-electron chi connectivity index (χ3n) is 2.57. The molecule has 0 aliphatic rings. The van der Waals surface area contributed by atoms with Crippen molar-refractivity contribution in [3.05, 3.63) is 40.8 Å². The predicted octanol–water partition coefficient (Wildman–Crippen LogP) is 2.30. The number of hydrogen-bond donors (Lipinski definition) is 2. The van der Waals surface area contributed by atoms with Crippen molar-refractivity contribution in [3.63, 3.8) is 0 Å². The summed E-state index contributed by atoms with van der Waals surface area (Å²) in [6, 6.07) is 5.66. The van der Waals surface area contributed by atoms with Crippen LogP contribution in [0.2, 0.25) is 5.15 Å². The number of benzene rings is 1. The highest BCUT2D eigenvalue weighted by Gasteiger charge is 2.04. The molecule has 0 bridgehead atoms. The van der Waals surface area contributed by atoms with E-state index in [2.05, 4.69) is 26.8 Å². The van der Waals surface area contributed by atoms with Crippen molar-refractivity contribution in [2.45, 2.75) is 0 Å². The topological polar surface area (TPSA) is 90.7 Å². The molecule has 5 nitrogen and oxygen atoms in total. The number of hydrogen-bond acceptors (Lipinski definition) is 6. The minimum atomic E-state index is 0.244. The molecule has 0 saturated heterocycles. The van der Waals surface area contributed by atoms with Gasteiger partial charge in [0.25, 0.3) is 0 Å². The number of rotatable bonds is 0. The van der Waals surface area contributed by atoms with Gasteiger partial charge in [-0.3, -0.25) is 0 Å². The average Bonchev–Trinajstić information content (AvgIpc) is 2.77. The quantitative estimate of drug-likeness (QED) is 0.491. The Morgan fingerprint density at radius 2 is 2.00 bits per heavy atom. The second-order valence-corrected chi connectivity index (χ2v) is 5.33. The van der Waals surface area contributed by atoms with Gasteiger partial charge in [0.15, 0.2) is 5.13 Å². The Morgan fingerprint density at radius 3 is 2.80 bits per heavy atom. The molecule has 0 saturated carbocycles. The maximum atomic E-state index is 5.94. The van der Waals surface area contributed by atoms with Crippen molar-refractivity contribution in [1.82, 2.24) is 15.0 Å². The van der Waals surface area contributed by atoms with Gasteiger partial charge in [-0.05, 0) is 18.2 Å². The van der Waals surface area contributed by atoms with Gasteiger partial charge >= 0.3 is 0 Å². The van der Waals surface area contributed by atoms with Gasteiger partial charge in [0.2, 0.25) is 0 Å². The third-order valence-corrected chi connectivity index (χ3v) is 3.70. The highest BCUT2D eigenvalue weighted by atomic mass is 35.5. The molecule has 7 heteroatoms. The first kappa shape index (κ1) is 12.7. The number of halogens is 1. The van der Waals surface area contributed by atoms with Crippen LogP contribution in [-0.4, -0.2) is 15.0 Å². The number of aromatic nitrogens is 3. The molecule has 2 heterocycles. The standard InChI is InChI=1S/C13H8ClN5S/c14-11-8(12(15)18-6-17-11)3-1-7-2-4-9-10(5-7)20-13(16)19-9/h2,4-6H,(H2,16,19)(H2,15,17,18). The summed E-state index contributed by atoms with van der Waals surface area (Å²) in [4.78, 5) is 11.9. The molecule has 4 N–H and O–H groups in total. The summed E-state index contributed by atoms with van der Waals surface area (Å²) in [7, 11) is 0. The molecule has 20 heavy (non-hydrogen) atoms. The lowest BCUT2D eigenvalue weighted by Gasteiger charge is -1.97. The fourth-order valence-electron chi connectivity index (χ4n) is 1.65. The second kappa shape index (κ2) is 4.96. The summed E-state index contributed by atoms with van der Waals surface area (Å²) in [6.07, 6.45) is 1.30. The first-order chi connectivity index (χ1) is 9.63. The number of nitrogens with zero attached hydrogens (tertiary/aromatic N) is 3. The van der Waals surface area contributed by atoms with E-state index in [0.717, 1.165) is 15.8 Å². The lowest BCUT2D eigenvalue weighted by Crippen LogP contribution is -1.96. The summed E-state index contributed by atoms with van der Waals surface area (Å²) in [5, 5.41) is 0.780. The van der Waals surface area contributed by atoms with Crippen LogP contribution in [0, 0.1) is 11.8 Å². The largest absolute Gasteiger partial charge is 0.383 e. The lowest BCUT2D eigenvalue weighted by atomic mass is 10.2. The van der Waals surface area contributed by atoms with Gasteiger partial charge < -0.3 is 11.5 Å². The first-order valence-corrected chi connectivity index (χ1v) is 6.77. The van der Waals surface area contributed by atoms with E-state index >= 15 is 0 Å². The molecule has 0 amide bonds. The number of fused-ring (bicyclic) bond motifs is 1. The van der Waals surface area contributed by atoms with Crippen molar-refractivity contribution in [2.24, 2.45) is 0 Å². The van der Waals surface area contributed by atoms with Crippen LogP contribution in [0.15, 0.2) is 24.5 Å². The van der Waals surface area contributed by atoms with Gasteiger partial charge in [-0.25, -0.2) is 15.0 Å². The summed E-state index contributed by atoms with van der Waals surface area (Å²) in [5.41, 5.74) is 13.5. The molecule has 98 valence electrons. The second-order valence-electron chi connectivity index (χ2n) is 3.91. The molecular weight excluding hydrogens is 294 g/mol. The molecule has 0 atom stereocenters. The van der Waals surface area contributed by atoms with Crippen molar-refractivity contribution in [1.29, 1.82) is 0 Å². The van der Waals surface area contributed by atoms with Crippen LogP contribution in [0.3, 0.4) is 0 Å². The van der Waals surface area contributed by atoms with Crippen LogP contribution < -0.4 is 11.5 Å². The number of thiazole rings is 1. The summed E-state index contributed by atoms with van der Waals surface area (Å²) in [6.45, 7) is 0. The molecular formula is C13H8ClN5S. The number of anilines is 2. The van der Waals surface area contributed by atoms with Gasteiger partial charge in [0.1, 0.15) is 22.9 Å². The monoisotopic (exact) mass is 301 g/mol. The maximum Gasteiger partial charge on any atom is 0.181 e. The summed E-state index contributed by atoms with van der Waals surface area (Å²) < 4.78 is 0.984. The molecule has 2 aromatic heterocycles. The number of nitrogen functional groups attached to an aromatic ring is 2. The zero-order valence-corrected chi connectivity index (χ0v) is 11.7. The van der Waals surface area contributed by atoms with Crippen molar-refractivity contribution >= 4 is 44.1 Å². The Bertz CT molecular complexity index is 842. The fourth-order valence-corrected chi connectivity index (χ4v) is 2.61. The highest BCUT2D eigenvalue weighted by Crippen LogP contribution is 2.24. The van der Waals surface area contributed by atoms with Crippen LogP contribution in [0.5, 0.6) is 0 Å². The Hall–Kier alpha value is -2.36. The molecule has 0 aliphatic heterocycles. The lowest BCUT2D eigenvalue weighted by molar-refractivity contribution is 1.17. The molecule has 0 unspecified atom stereocenters. The van der Waals surface area contributed by atoms with Crippen molar-refractivity contribution in [3.8, 4) is 11.8 Å². The van der Waals surface area contributed by atoms with Crippen LogP contribution in [0.4, 0.5) is 10.9 Å². The fraction of sp³-hybridized carbons (Fsp3) is 0. The normalized spacial score (nSPS) is 10.2. The summed E-state index contributed by atoms with van der Waals surface area (Å²) >= 11 is 7.35. The molecule has 3 aromatic rings. The van der Waals surface area contributed by atoms with Gasteiger partial charge in [-0.2, -0.15) is 0 Å². The van der Waals surface area contributed by atoms with E-state index in [0.29, 0.717) is 10.7 Å². The van der Waals surface area contributed by atoms with Gasteiger partial charge in [0.05, 0.1) is 10.2 Å². The number of nitrogens with two attached hydrogens (primary N) is 2. The van der Waals surface area contributed by atoms with Crippen molar-refractivity contribution in [2.75, 3.05) is 11.5 Å². The Kier molecular flexibility index (Phi) is 3.14. The minimum absolute atomic E-state index is 0.244. The van der Waals surface area contributed by atoms with E-state index in [1.807, 2.05) is 18.2 Å². The molecule has 0 radical (unpaired) electrons. The smallest absolute Gasteiger partial charge is 0.181 e. The zero-order chi connectivity index (χ0) is 14.1. The van der Waals surface area contributed by atoms with Gasteiger partial charge in [0, 0.05) is 5.56 Å². The Balaban J connectivity index is 2.03. The van der Waals surface area contributed by atoms with Crippen LogP contribution in [0.1, 0.15) is 11.1 Å². The van der Waals surface area contributed by atoms with Gasteiger partial charge in [-0.1, -0.05) is 34.8 Å². The Morgan fingerprint density at radius 1 is 1.15 bits per heavy atom. The van der Waals surface area contributed by atoms with Crippen molar-refractivity contribution < 1.29 is 0 Å². The SMILES string of the molecule is Nc1nc2ccc(C#Cc3c(N)ncnc3Cl)cc2s1. The van der Waals surface area contributed by atoms with Crippen LogP contribution in [0.25, 0.3) is 10.2 Å². The first-order valence-electron chi connectivity index (χ1n) is 5.57. The van der Waals surface area contributed by atoms with E-state index in [-0.39, 0.29) is 11.0 Å².